The molecule has 0 amide bonds. The Morgan fingerprint density at radius 2 is 1.91 bits per heavy atom. The van der Waals surface area contributed by atoms with Gasteiger partial charge >= 0.3 is 0 Å². The zero-order valence-corrected chi connectivity index (χ0v) is 14.1. The van der Waals surface area contributed by atoms with Crippen molar-refractivity contribution in [2.75, 3.05) is 19.6 Å². The van der Waals surface area contributed by atoms with Crippen LogP contribution in [0.5, 0.6) is 0 Å². The third kappa shape index (κ3) is 3.73. The summed E-state index contributed by atoms with van der Waals surface area (Å²) in [6.45, 7) is 6.82. The Kier molecular flexibility index (Phi) is 4.32. The molecule has 1 aliphatic carbocycles. The third-order valence-corrected chi connectivity index (χ3v) is 5.30. The molecular formula is C20H27N3. The number of pyridine rings is 1. The molecule has 2 aliphatic rings. The Labute approximate surface area is 139 Å². The molecular weight excluding hydrogens is 282 g/mol. The van der Waals surface area contributed by atoms with Crippen LogP contribution in [0.1, 0.15) is 36.9 Å². The van der Waals surface area contributed by atoms with Gasteiger partial charge in [-0.15, -0.1) is 0 Å². The standard InChI is InChI=1S/C20H27N3/c1-15-12-17(19-4-2-3-5-20(19)22-15)14-23-10-8-18(9-11-23)21-13-16-6-7-16/h2-5,12,16,18,21H,6-11,13-14H2,1H3. The smallest absolute Gasteiger partial charge is 0.0708 e. The van der Waals surface area contributed by atoms with Crippen molar-refractivity contribution in [2.45, 2.75) is 45.2 Å². The van der Waals surface area contributed by atoms with Crippen LogP contribution in [0.15, 0.2) is 30.3 Å². The van der Waals surface area contributed by atoms with E-state index < -0.39 is 0 Å². The summed E-state index contributed by atoms with van der Waals surface area (Å²) in [6, 6.07) is 11.5. The SMILES string of the molecule is Cc1cc(CN2CCC(NCC3CC3)CC2)c2ccccc2n1. The maximum Gasteiger partial charge on any atom is 0.0708 e. The Morgan fingerprint density at radius 3 is 2.70 bits per heavy atom. The summed E-state index contributed by atoms with van der Waals surface area (Å²) in [4.78, 5) is 7.27. The summed E-state index contributed by atoms with van der Waals surface area (Å²) in [5, 5.41) is 5.08. The minimum absolute atomic E-state index is 0.739. The number of likely N-dealkylation sites (tertiary alicyclic amines) is 1. The first-order valence-corrected chi connectivity index (χ1v) is 9.09. The lowest BCUT2D eigenvalue weighted by Gasteiger charge is -2.32. The zero-order valence-electron chi connectivity index (χ0n) is 14.1. The van der Waals surface area contributed by atoms with Crippen molar-refractivity contribution in [3.63, 3.8) is 0 Å². The van der Waals surface area contributed by atoms with Gasteiger partial charge in [-0.2, -0.15) is 0 Å². The number of aryl methyl sites for hydroxylation is 1. The van der Waals surface area contributed by atoms with Crippen LogP contribution in [-0.2, 0) is 6.54 Å². The summed E-state index contributed by atoms with van der Waals surface area (Å²) >= 11 is 0. The van der Waals surface area contributed by atoms with Crippen LogP contribution in [0.25, 0.3) is 10.9 Å². The number of rotatable bonds is 5. The monoisotopic (exact) mass is 309 g/mol. The average molecular weight is 309 g/mol. The summed E-state index contributed by atoms with van der Waals surface area (Å²) in [7, 11) is 0. The summed E-state index contributed by atoms with van der Waals surface area (Å²) in [5.74, 6) is 0.985. The topological polar surface area (TPSA) is 28.2 Å². The molecule has 1 aromatic carbocycles. The number of aromatic nitrogens is 1. The molecule has 2 aromatic rings. The van der Waals surface area contributed by atoms with Crippen LogP contribution in [0, 0.1) is 12.8 Å². The van der Waals surface area contributed by atoms with Crippen LogP contribution in [-0.4, -0.2) is 35.6 Å². The van der Waals surface area contributed by atoms with Gasteiger partial charge in [0.15, 0.2) is 0 Å². The molecule has 0 bridgehead atoms. The highest BCUT2D eigenvalue weighted by Crippen LogP contribution is 2.28. The molecule has 3 nitrogen and oxygen atoms in total. The molecule has 1 saturated heterocycles. The van der Waals surface area contributed by atoms with Crippen LogP contribution < -0.4 is 5.32 Å². The number of nitrogens with one attached hydrogen (secondary N) is 1. The fraction of sp³-hybridized carbons (Fsp3) is 0.550. The van der Waals surface area contributed by atoms with Crippen molar-refractivity contribution >= 4 is 10.9 Å². The van der Waals surface area contributed by atoms with E-state index in [1.165, 1.54) is 56.3 Å². The van der Waals surface area contributed by atoms with E-state index in [0.717, 1.165) is 29.7 Å². The van der Waals surface area contributed by atoms with Crippen molar-refractivity contribution in [3.05, 3.63) is 41.6 Å². The first-order chi connectivity index (χ1) is 11.3. The minimum Gasteiger partial charge on any atom is -0.314 e. The lowest BCUT2D eigenvalue weighted by molar-refractivity contribution is 0.190. The number of fused-ring (bicyclic) bond motifs is 1. The molecule has 1 saturated carbocycles. The van der Waals surface area contributed by atoms with Crippen molar-refractivity contribution in [1.82, 2.24) is 15.2 Å². The van der Waals surface area contributed by atoms with E-state index in [2.05, 4.69) is 52.5 Å². The molecule has 23 heavy (non-hydrogen) atoms. The van der Waals surface area contributed by atoms with E-state index in [1.54, 1.807) is 0 Å². The first kappa shape index (κ1) is 15.1. The molecule has 2 heterocycles. The lowest BCUT2D eigenvalue weighted by atomic mass is 10.0. The second-order valence-corrected chi connectivity index (χ2v) is 7.34. The fourth-order valence-electron chi connectivity index (χ4n) is 3.72. The van der Waals surface area contributed by atoms with Gasteiger partial charge in [-0.1, -0.05) is 18.2 Å². The van der Waals surface area contributed by atoms with E-state index in [-0.39, 0.29) is 0 Å². The fourth-order valence-corrected chi connectivity index (χ4v) is 3.72. The summed E-state index contributed by atoms with van der Waals surface area (Å²) in [6.07, 6.45) is 5.46. The van der Waals surface area contributed by atoms with Gasteiger partial charge in [-0.3, -0.25) is 9.88 Å². The minimum atomic E-state index is 0.739. The Morgan fingerprint density at radius 1 is 1.13 bits per heavy atom. The predicted molar refractivity (Wildman–Crippen MR) is 95.5 cm³/mol. The second kappa shape index (κ2) is 6.58. The first-order valence-electron chi connectivity index (χ1n) is 9.09. The molecule has 0 unspecified atom stereocenters. The highest BCUT2D eigenvalue weighted by atomic mass is 15.1. The Balaban J connectivity index is 1.39. The van der Waals surface area contributed by atoms with Crippen LogP contribution >= 0.6 is 0 Å². The largest absolute Gasteiger partial charge is 0.314 e. The van der Waals surface area contributed by atoms with Crippen LogP contribution in [0.3, 0.4) is 0 Å². The molecule has 3 heteroatoms. The predicted octanol–water partition coefficient (Wildman–Crippen LogP) is 3.51. The van der Waals surface area contributed by atoms with E-state index in [1.807, 2.05) is 0 Å². The highest BCUT2D eigenvalue weighted by molar-refractivity contribution is 5.82. The molecule has 1 aromatic heterocycles. The quantitative estimate of drug-likeness (QED) is 0.916. The molecule has 1 aliphatic heterocycles. The number of piperidine rings is 1. The third-order valence-electron chi connectivity index (χ3n) is 5.30. The van der Waals surface area contributed by atoms with Gasteiger partial charge in [0.2, 0.25) is 0 Å². The highest BCUT2D eigenvalue weighted by Gasteiger charge is 2.24. The molecule has 4 rings (SSSR count). The zero-order chi connectivity index (χ0) is 15.6. The van der Waals surface area contributed by atoms with Crippen molar-refractivity contribution in [2.24, 2.45) is 5.92 Å². The van der Waals surface area contributed by atoms with Crippen LogP contribution in [0.2, 0.25) is 0 Å². The number of hydrogen-bond acceptors (Lipinski definition) is 3. The van der Waals surface area contributed by atoms with Crippen molar-refractivity contribution < 1.29 is 0 Å². The molecule has 1 N–H and O–H groups in total. The molecule has 2 fully saturated rings. The number of para-hydroxylation sites is 1. The van der Waals surface area contributed by atoms with Gasteiger partial charge < -0.3 is 5.32 Å². The molecule has 122 valence electrons. The van der Waals surface area contributed by atoms with Gasteiger partial charge in [-0.25, -0.2) is 0 Å². The molecule has 0 spiro atoms. The van der Waals surface area contributed by atoms with E-state index in [0.29, 0.717) is 0 Å². The maximum absolute atomic E-state index is 4.66. The number of hydrogen-bond donors (Lipinski definition) is 1. The second-order valence-electron chi connectivity index (χ2n) is 7.34. The summed E-state index contributed by atoms with van der Waals surface area (Å²) in [5.41, 5.74) is 3.68. The maximum atomic E-state index is 4.66. The van der Waals surface area contributed by atoms with Gasteiger partial charge in [0.25, 0.3) is 0 Å². The molecule has 0 radical (unpaired) electrons. The van der Waals surface area contributed by atoms with E-state index in [4.69, 9.17) is 0 Å². The molecule has 0 atom stereocenters. The van der Waals surface area contributed by atoms with Gasteiger partial charge in [-0.05, 0) is 75.9 Å². The lowest BCUT2D eigenvalue weighted by Crippen LogP contribution is -2.42. The van der Waals surface area contributed by atoms with Crippen molar-refractivity contribution in [3.8, 4) is 0 Å². The van der Waals surface area contributed by atoms with Crippen molar-refractivity contribution in [1.29, 1.82) is 0 Å². The van der Waals surface area contributed by atoms with Crippen LogP contribution in [0.4, 0.5) is 0 Å². The Bertz CT molecular complexity index is 670. The normalized spacial score (nSPS) is 20.2. The van der Waals surface area contributed by atoms with Gasteiger partial charge in [0.05, 0.1) is 5.52 Å². The van der Waals surface area contributed by atoms with E-state index in [9.17, 15) is 0 Å². The van der Waals surface area contributed by atoms with Gasteiger partial charge in [0.1, 0.15) is 0 Å². The summed E-state index contributed by atoms with van der Waals surface area (Å²) < 4.78 is 0. The van der Waals surface area contributed by atoms with Gasteiger partial charge in [0, 0.05) is 23.7 Å². The van der Waals surface area contributed by atoms with E-state index >= 15 is 0 Å². The average Bonchev–Trinajstić information content (AvgIpc) is 3.38. The number of benzene rings is 1. The number of nitrogens with zero attached hydrogens (tertiary/aromatic N) is 2. The Hall–Kier alpha value is -1.45.